The predicted molar refractivity (Wildman–Crippen MR) is 94.8 cm³/mol. The number of esters is 1. The summed E-state index contributed by atoms with van der Waals surface area (Å²) in [6.07, 6.45) is 1.45. The minimum atomic E-state index is -0.0630. The smallest absolute Gasteiger partial charge is 0.306 e. The Morgan fingerprint density at radius 2 is 1.96 bits per heavy atom. The van der Waals surface area contributed by atoms with Crippen molar-refractivity contribution in [3.8, 4) is 0 Å². The van der Waals surface area contributed by atoms with Gasteiger partial charge in [-0.1, -0.05) is 45.9 Å². The largest absolute Gasteiger partial charge is 0.462 e. The van der Waals surface area contributed by atoms with E-state index in [9.17, 15) is 4.79 Å². The highest BCUT2D eigenvalue weighted by Gasteiger charge is 2.40. The highest BCUT2D eigenvalue weighted by atomic mass is 16.6. The molecule has 1 unspecified atom stereocenters. The van der Waals surface area contributed by atoms with Crippen LogP contribution in [0.2, 0.25) is 0 Å². The summed E-state index contributed by atoms with van der Waals surface area (Å²) >= 11 is 0. The van der Waals surface area contributed by atoms with Crippen LogP contribution in [0.5, 0.6) is 0 Å². The first-order valence-corrected chi connectivity index (χ1v) is 8.63. The van der Waals surface area contributed by atoms with Crippen molar-refractivity contribution < 1.29 is 9.53 Å². The quantitative estimate of drug-likeness (QED) is 0.568. The summed E-state index contributed by atoms with van der Waals surface area (Å²) in [6.45, 7) is 11.3. The van der Waals surface area contributed by atoms with E-state index >= 15 is 0 Å². The summed E-state index contributed by atoms with van der Waals surface area (Å²) in [5, 5.41) is 6.93. The standard InChI is InChI=1S/C19H30N2O2/c1-14(2)15-7-5-6-8-16(15)21-12-11-20-10-9-17-19(3,4)13-18(22)23-17/h5-8,14,17,20-21H,9-13H2,1-4H3. The summed E-state index contributed by atoms with van der Waals surface area (Å²) in [6, 6.07) is 8.47. The van der Waals surface area contributed by atoms with Crippen LogP contribution in [0.3, 0.4) is 0 Å². The molecule has 0 radical (unpaired) electrons. The minimum absolute atomic E-state index is 0.0345. The summed E-state index contributed by atoms with van der Waals surface area (Å²) in [7, 11) is 0. The van der Waals surface area contributed by atoms with Crippen LogP contribution in [0.1, 0.15) is 52.0 Å². The Morgan fingerprint density at radius 1 is 1.22 bits per heavy atom. The van der Waals surface area contributed by atoms with E-state index in [4.69, 9.17) is 4.74 Å². The number of nitrogens with one attached hydrogen (secondary N) is 2. The van der Waals surface area contributed by atoms with Gasteiger partial charge in [0.15, 0.2) is 0 Å². The molecule has 1 heterocycles. The SMILES string of the molecule is CC(C)c1ccccc1NCCNCCC1OC(=O)CC1(C)C. The van der Waals surface area contributed by atoms with E-state index in [1.165, 1.54) is 11.3 Å². The summed E-state index contributed by atoms with van der Waals surface area (Å²) in [4.78, 5) is 11.4. The van der Waals surface area contributed by atoms with Gasteiger partial charge in [-0.3, -0.25) is 4.79 Å². The van der Waals surface area contributed by atoms with Crippen LogP contribution >= 0.6 is 0 Å². The van der Waals surface area contributed by atoms with Crippen molar-refractivity contribution in [2.24, 2.45) is 5.41 Å². The van der Waals surface area contributed by atoms with E-state index in [1.54, 1.807) is 0 Å². The number of para-hydroxylation sites is 1. The Hall–Kier alpha value is -1.55. The van der Waals surface area contributed by atoms with Crippen molar-refractivity contribution in [1.82, 2.24) is 5.32 Å². The van der Waals surface area contributed by atoms with Gasteiger partial charge in [-0.2, -0.15) is 0 Å². The summed E-state index contributed by atoms with van der Waals surface area (Å²) < 4.78 is 5.40. The topological polar surface area (TPSA) is 50.4 Å². The molecule has 1 saturated heterocycles. The lowest BCUT2D eigenvalue weighted by molar-refractivity contribution is -0.141. The van der Waals surface area contributed by atoms with Gasteiger partial charge >= 0.3 is 5.97 Å². The molecule has 2 rings (SSSR count). The number of benzene rings is 1. The molecule has 0 amide bonds. The maximum atomic E-state index is 11.4. The van der Waals surface area contributed by atoms with Crippen LogP contribution in [0.15, 0.2) is 24.3 Å². The van der Waals surface area contributed by atoms with Crippen LogP contribution in [0.4, 0.5) is 5.69 Å². The van der Waals surface area contributed by atoms with Crippen molar-refractivity contribution in [2.75, 3.05) is 25.0 Å². The monoisotopic (exact) mass is 318 g/mol. The van der Waals surface area contributed by atoms with E-state index in [-0.39, 0.29) is 17.5 Å². The molecule has 1 aromatic rings. The molecule has 128 valence electrons. The van der Waals surface area contributed by atoms with E-state index in [0.29, 0.717) is 12.3 Å². The fraction of sp³-hybridized carbons (Fsp3) is 0.632. The van der Waals surface area contributed by atoms with Crippen LogP contribution in [0, 0.1) is 5.41 Å². The van der Waals surface area contributed by atoms with Gasteiger partial charge in [0.25, 0.3) is 0 Å². The third-order valence-corrected chi connectivity index (χ3v) is 4.53. The highest BCUT2D eigenvalue weighted by Crippen LogP contribution is 2.36. The van der Waals surface area contributed by atoms with Gasteiger partial charge in [-0.15, -0.1) is 0 Å². The van der Waals surface area contributed by atoms with E-state index < -0.39 is 0 Å². The Labute approximate surface area is 140 Å². The molecular formula is C19H30N2O2. The van der Waals surface area contributed by atoms with Gasteiger partial charge in [0.05, 0.1) is 6.42 Å². The lowest BCUT2D eigenvalue weighted by atomic mass is 9.84. The van der Waals surface area contributed by atoms with E-state index in [2.05, 4.69) is 62.6 Å². The lowest BCUT2D eigenvalue weighted by Crippen LogP contribution is -2.31. The average Bonchev–Trinajstić information content (AvgIpc) is 2.75. The number of anilines is 1. The van der Waals surface area contributed by atoms with Gasteiger partial charge in [0, 0.05) is 24.2 Å². The Kier molecular flexibility index (Phi) is 6.05. The zero-order valence-electron chi connectivity index (χ0n) is 14.8. The second-order valence-corrected chi connectivity index (χ2v) is 7.35. The molecule has 1 aliphatic heterocycles. The molecule has 1 aliphatic rings. The van der Waals surface area contributed by atoms with E-state index in [0.717, 1.165) is 26.1 Å². The minimum Gasteiger partial charge on any atom is -0.462 e. The fourth-order valence-electron chi connectivity index (χ4n) is 3.10. The van der Waals surface area contributed by atoms with Crippen LogP contribution in [0.25, 0.3) is 0 Å². The van der Waals surface area contributed by atoms with Gasteiger partial charge in [-0.05, 0) is 30.5 Å². The molecule has 1 atom stereocenters. The zero-order chi connectivity index (χ0) is 16.9. The molecule has 0 aromatic heterocycles. The number of carbonyl (C=O) groups is 1. The number of hydrogen-bond acceptors (Lipinski definition) is 4. The third kappa shape index (κ3) is 4.96. The lowest BCUT2D eigenvalue weighted by Gasteiger charge is -2.23. The van der Waals surface area contributed by atoms with Crippen molar-refractivity contribution in [1.29, 1.82) is 0 Å². The first-order valence-electron chi connectivity index (χ1n) is 8.63. The van der Waals surface area contributed by atoms with Gasteiger partial charge < -0.3 is 15.4 Å². The zero-order valence-corrected chi connectivity index (χ0v) is 14.8. The second-order valence-electron chi connectivity index (χ2n) is 7.35. The molecule has 4 nitrogen and oxygen atoms in total. The number of rotatable bonds is 8. The van der Waals surface area contributed by atoms with Gasteiger partial charge in [0.2, 0.25) is 0 Å². The van der Waals surface area contributed by atoms with Gasteiger partial charge in [0.1, 0.15) is 6.10 Å². The van der Waals surface area contributed by atoms with E-state index in [1.807, 2.05) is 0 Å². The molecule has 1 aromatic carbocycles. The normalized spacial score (nSPS) is 19.9. The molecule has 0 saturated carbocycles. The predicted octanol–water partition coefficient (Wildman–Crippen LogP) is 3.54. The molecule has 4 heteroatoms. The highest BCUT2D eigenvalue weighted by molar-refractivity contribution is 5.72. The molecule has 0 aliphatic carbocycles. The maximum Gasteiger partial charge on any atom is 0.306 e. The Balaban J connectivity index is 1.66. The maximum absolute atomic E-state index is 11.4. The fourth-order valence-corrected chi connectivity index (χ4v) is 3.10. The molecular weight excluding hydrogens is 288 g/mol. The second kappa shape index (κ2) is 7.82. The number of carbonyl (C=O) groups excluding carboxylic acids is 1. The van der Waals surface area contributed by atoms with Crippen molar-refractivity contribution in [2.45, 2.75) is 52.6 Å². The molecule has 23 heavy (non-hydrogen) atoms. The summed E-state index contributed by atoms with van der Waals surface area (Å²) in [5.41, 5.74) is 2.54. The number of cyclic esters (lactones) is 1. The average molecular weight is 318 g/mol. The number of hydrogen-bond donors (Lipinski definition) is 2. The number of ether oxygens (including phenoxy) is 1. The Bertz CT molecular complexity index is 526. The first-order chi connectivity index (χ1) is 10.9. The molecule has 2 N–H and O–H groups in total. The third-order valence-electron chi connectivity index (χ3n) is 4.53. The summed E-state index contributed by atoms with van der Waals surface area (Å²) in [5.74, 6) is 0.456. The van der Waals surface area contributed by atoms with Crippen molar-refractivity contribution in [3.05, 3.63) is 29.8 Å². The molecule has 1 fully saturated rings. The van der Waals surface area contributed by atoms with Crippen molar-refractivity contribution in [3.63, 3.8) is 0 Å². The van der Waals surface area contributed by atoms with Crippen LogP contribution < -0.4 is 10.6 Å². The molecule has 0 spiro atoms. The van der Waals surface area contributed by atoms with Crippen molar-refractivity contribution >= 4 is 11.7 Å². The van der Waals surface area contributed by atoms with Crippen LogP contribution in [-0.2, 0) is 9.53 Å². The Morgan fingerprint density at radius 3 is 2.61 bits per heavy atom. The van der Waals surface area contributed by atoms with Crippen LogP contribution in [-0.4, -0.2) is 31.7 Å². The van der Waals surface area contributed by atoms with Gasteiger partial charge in [-0.25, -0.2) is 0 Å². The first kappa shape index (κ1) is 17.8. The molecule has 0 bridgehead atoms.